The number of unbranched alkanes of at least 4 members (excludes halogenated alkanes) is 2. The number of fused-ring (bicyclic) bond motifs is 2. The number of ether oxygens (including phenoxy) is 1. The molecule has 1 fully saturated rings. The van der Waals surface area contributed by atoms with Crippen molar-refractivity contribution >= 4 is 34.7 Å². The predicted molar refractivity (Wildman–Crippen MR) is 126 cm³/mol. The molecule has 1 aromatic carbocycles. The van der Waals surface area contributed by atoms with E-state index in [1.807, 2.05) is 6.92 Å². The number of nitrogens with two attached hydrogens (primary N) is 2. The van der Waals surface area contributed by atoms with Gasteiger partial charge in [-0.1, -0.05) is 31.9 Å². The first kappa shape index (κ1) is 24.1. The molecule has 2 amide bonds. The van der Waals surface area contributed by atoms with E-state index in [0.717, 1.165) is 12.8 Å². The van der Waals surface area contributed by atoms with Gasteiger partial charge in [-0.3, -0.25) is 19.0 Å². The number of hydrogen-bond acceptors (Lipinski definition) is 11. The molecule has 1 unspecified atom stereocenters. The Morgan fingerprint density at radius 1 is 1.14 bits per heavy atom. The molecule has 13 nitrogen and oxygen atoms in total. The smallest absolute Gasteiger partial charge is 0.285 e. The zero-order chi connectivity index (χ0) is 25.6. The summed E-state index contributed by atoms with van der Waals surface area (Å²) in [4.78, 5) is 44.6. The van der Waals surface area contributed by atoms with Crippen molar-refractivity contribution in [1.82, 2.24) is 24.6 Å². The number of rotatable bonds is 8. The minimum Gasteiger partial charge on any atom is -0.394 e. The molecule has 4 heterocycles. The summed E-state index contributed by atoms with van der Waals surface area (Å²) in [6.45, 7) is 1.49. The molecule has 36 heavy (non-hydrogen) atoms. The van der Waals surface area contributed by atoms with E-state index in [2.05, 4.69) is 15.0 Å². The average molecular weight is 498 g/mol. The van der Waals surface area contributed by atoms with Gasteiger partial charge in [0.1, 0.15) is 17.7 Å². The second-order valence-electron chi connectivity index (χ2n) is 8.86. The van der Waals surface area contributed by atoms with Crippen LogP contribution in [0.2, 0.25) is 0 Å². The molecule has 190 valence electrons. The minimum atomic E-state index is -1.51. The van der Waals surface area contributed by atoms with E-state index in [4.69, 9.17) is 21.0 Å². The van der Waals surface area contributed by atoms with Crippen LogP contribution in [0.25, 0.3) is 11.2 Å². The fraction of sp³-hybridized carbons (Fsp3) is 0.435. The quantitative estimate of drug-likeness (QED) is 0.251. The number of hydroxylamine groups is 2. The highest BCUT2D eigenvalue weighted by atomic mass is 16.7. The maximum absolute atomic E-state index is 13.0. The van der Waals surface area contributed by atoms with Gasteiger partial charge < -0.3 is 26.4 Å². The number of benzene rings is 1. The standard InChI is InChI=1S/C23H27N7O6/c1-2-3-6-9-23(29-11-26-15-18(24)27-22(25)28-19(15)29)17(16(32)14(10-31)35-23)36-30-20(33)12-7-4-5-8-13(12)21(30)34/h4-5,7-8,11,14,16-17,31-32H,2-3,6,9-10H2,1H3,(H4,24,25,27,28)/t14-,16-,17-,23?/m1/s1. The Balaban J connectivity index is 1.63. The third kappa shape index (κ3) is 3.59. The van der Waals surface area contributed by atoms with Gasteiger partial charge in [-0.15, -0.1) is 5.06 Å². The molecular weight excluding hydrogens is 470 g/mol. The number of nitrogen functional groups attached to an aromatic ring is 2. The third-order valence-corrected chi connectivity index (χ3v) is 6.63. The molecule has 0 bridgehead atoms. The lowest BCUT2D eigenvalue weighted by atomic mass is 9.96. The van der Waals surface area contributed by atoms with Gasteiger partial charge in [0.25, 0.3) is 11.8 Å². The Hall–Kier alpha value is -3.65. The van der Waals surface area contributed by atoms with Gasteiger partial charge in [0.05, 0.1) is 24.1 Å². The van der Waals surface area contributed by atoms with E-state index in [-0.39, 0.29) is 40.5 Å². The fourth-order valence-electron chi connectivity index (χ4n) is 4.89. The Morgan fingerprint density at radius 3 is 2.47 bits per heavy atom. The average Bonchev–Trinajstić information content (AvgIpc) is 3.48. The molecule has 5 rings (SSSR count). The number of aliphatic hydroxyl groups is 2. The van der Waals surface area contributed by atoms with Crippen LogP contribution in [0, 0.1) is 0 Å². The molecule has 2 aliphatic rings. The van der Waals surface area contributed by atoms with E-state index < -0.39 is 42.5 Å². The minimum absolute atomic E-state index is 0.0510. The number of aliphatic hydroxyl groups excluding tert-OH is 2. The second-order valence-corrected chi connectivity index (χ2v) is 8.86. The van der Waals surface area contributed by atoms with Crippen LogP contribution in [0.3, 0.4) is 0 Å². The van der Waals surface area contributed by atoms with E-state index in [1.54, 1.807) is 12.1 Å². The number of aromatic nitrogens is 4. The van der Waals surface area contributed by atoms with Crippen LogP contribution in [-0.2, 0) is 15.3 Å². The largest absolute Gasteiger partial charge is 0.394 e. The lowest BCUT2D eigenvalue weighted by molar-refractivity contribution is -0.223. The number of imidazole rings is 1. The van der Waals surface area contributed by atoms with Crippen molar-refractivity contribution < 1.29 is 29.4 Å². The van der Waals surface area contributed by atoms with Crippen molar-refractivity contribution in [3.05, 3.63) is 41.7 Å². The molecule has 1 saturated heterocycles. The number of imide groups is 1. The number of carbonyl (C=O) groups excluding carboxylic acids is 2. The molecule has 0 saturated carbocycles. The highest BCUT2D eigenvalue weighted by molar-refractivity contribution is 6.20. The van der Waals surface area contributed by atoms with Gasteiger partial charge >= 0.3 is 0 Å². The maximum atomic E-state index is 13.0. The Bertz CT molecular complexity index is 1290. The SMILES string of the molecule is CCCCCC1(n2cnc3c(N)nc(N)nc32)O[C@H](CO)[C@@H](O)[C@H]1ON1C(=O)c2ccccc2C1=O. The van der Waals surface area contributed by atoms with Crippen LogP contribution in [0.1, 0.15) is 53.3 Å². The topological polar surface area (TPSA) is 192 Å². The Morgan fingerprint density at radius 2 is 1.83 bits per heavy atom. The highest BCUT2D eigenvalue weighted by Crippen LogP contribution is 2.44. The first-order chi connectivity index (χ1) is 17.3. The predicted octanol–water partition coefficient (Wildman–Crippen LogP) is 0.572. The molecule has 0 spiro atoms. The number of anilines is 2. The molecule has 13 heteroatoms. The third-order valence-electron chi connectivity index (χ3n) is 6.63. The van der Waals surface area contributed by atoms with Gasteiger partial charge in [-0.25, -0.2) is 4.98 Å². The molecule has 2 aromatic heterocycles. The van der Waals surface area contributed by atoms with Crippen molar-refractivity contribution in [2.75, 3.05) is 18.1 Å². The monoisotopic (exact) mass is 497 g/mol. The van der Waals surface area contributed by atoms with Gasteiger partial charge in [0.15, 0.2) is 23.3 Å². The fourth-order valence-corrected chi connectivity index (χ4v) is 4.89. The summed E-state index contributed by atoms with van der Waals surface area (Å²) in [7, 11) is 0. The lowest BCUT2D eigenvalue weighted by Gasteiger charge is -2.37. The van der Waals surface area contributed by atoms with Crippen molar-refractivity contribution in [1.29, 1.82) is 0 Å². The molecule has 0 aliphatic carbocycles. The molecule has 6 N–H and O–H groups in total. The van der Waals surface area contributed by atoms with Crippen LogP contribution in [-0.4, -0.2) is 71.5 Å². The number of amides is 2. The number of nitrogens with zero attached hydrogens (tertiary/aromatic N) is 5. The first-order valence-electron chi connectivity index (χ1n) is 11.7. The second kappa shape index (κ2) is 9.09. The lowest BCUT2D eigenvalue weighted by Crippen LogP contribution is -2.51. The van der Waals surface area contributed by atoms with E-state index in [0.29, 0.717) is 11.5 Å². The first-order valence-corrected chi connectivity index (χ1v) is 11.7. The van der Waals surface area contributed by atoms with Crippen molar-refractivity contribution in [3.63, 3.8) is 0 Å². The molecule has 0 radical (unpaired) electrons. The van der Waals surface area contributed by atoms with Crippen LogP contribution < -0.4 is 11.5 Å². The van der Waals surface area contributed by atoms with E-state index >= 15 is 0 Å². The van der Waals surface area contributed by atoms with Crippen molar-refractivity contribution in [2.24, 2.45) is 0 Å². The summed E-state index contributed by atoms with van der Waals surface area (Å²) in [5, 5.41) is 21.8. The summed E-state index contributed by atoms with van der Waals surface area (Å²) in [6.07, 6.45) is 0.220. The van der Waals surface area contributed by atoms with E-state index in [9.17, 15) is 19.8 Å². The Labute approximate surface area is 205 Å². The highest BCUT2D eigenvalue weighted by Gasteiger charge is 2.59. The van der Waals surface area contributed by atoms with Crippen molar-refractivity contribution in [2.45, 2.75) is 56.6 Å². The van der Waals surface area contributed by atoms with Crippen LogP contribution in [0.5, 0.6) is 0 Å². The molecule has 4 atom stereocenters. The van der Waals surface area contributed by atoms with Crippen LogP contribution in [0.15, 0.2) is 30.6 Å². The molecule has 2 aliphatic heterocycles. The Kier molecular flexibility index (Phi) is 6.08. The zero-order valence-electron chi connectivity index (χ0n) is 19.6. The van der Waals surface area contributed by atoms with Crippen molar-refractivity contribution in [3.8, 4) is 0 Å². The zero-order valence-corrected chi connectivity index (χ0v) is 19.6. The maximum Gasteiger partial charge on any atom is 0.285 e. The summed E-state index contributed by atoms with van der Waals surface area (Å²) in [6, 6.07) is 6.34. The van der Waals surface area contributed by atoms with E-state index in [1.165, 1.54) is 23.0 Å². The number of hydrogen-bond donors (Lipinski definition) is 4. The molecular formula is C23H27N7O6. The summed E-state index contributed by atoms with van der Waals surface area (Å²) < 4.78 is 7.79. The summed E-state index contributed by atoms with van der Waals surface area (Å²) in [5.74, 6) is -1.37. The van der Waals surface area contributed by atoms with Gasteiger partial charge in [0, 0.05) is 0 Å². The molecule has 3 aromatic rings. The van der Waals surface area contributed by atoms with Gasteiger partial charge in [-0.2, -0.15) is 9.97 Å². The normalized spacial score (nSPS) is 25.8. The van der Waals surface area contributed by atoms with Crippen LogP contribution in [0.4, 0.5) is 11.8 Å². The summed E-state index contributed by atoms with van der Waals surface area (Å²) in [5.41, 5.74) is 11.2. The summed E-state index contributed by atoms with van der Waals surface area (Å²) >= 11 is 0. The number of carbonyl (C=O) groups is 2. The van der Waals surface area contributed by atoms with Gasteiger partial charge in [-0.05, 0) is 25.0 Å². The van der Waals surface area contributed by atoms with Crippen LogP contribution >= 0.6 is 0 Å². The van der Waals surface area contributed by atoms with Gasteiger partial charge in [0.2, 0.25) is 5.95 Å².